The van der Waals surface area contributed by atoms with E-state index in [0.29, 0.717) is 12.0 Å². The SMILES string of the molecule is COCCN(C)C(CNC(C)(C)C)C(C)C. The summed E-state index contributed by atoms with van der Waals surface area (Å²) < 4.78 is 5.13. The number of methoxy groups -OCH3 is 1. The second-order valence-electron chi connectivity index (χ2n) is 5.92. The molecule has 0 aromatic heterocycles. The first-order valence-electron chi connectivity index (χ1n) is 6.22. The van der Waals surface area contributed by atoms with Gasteiger partial charge in [-0.15, -0.1) is 0 Å². The number of likely N-dealkylation sites (N-methyl/N-ethyl adjacent to an activating group) is 1. The lowest BCUT2D eigenvalue weighted by Crippen LogP contribution is -2.49. The number of nitrogens with one attached hydrogen (secondary N) is 1. The molecule has 0 bridgehead atoms. The maximum absolute atomic E-state index is 5.13. The van der Waals surface area contributed by atoms with Crippen molar-refractivity contribution in [1.82, 2.24) is 10.2 Å². The molecule has 98 valence electrons. The van der Waals surface area contributed by atoms with Crippen LogP contribution in [0.15, 0.2) is 0 Å². The molecule has 1 N–H and O–H groups in total. The van der Waals surface area contributed by atoms with Gasteiger partial charge in [0.25, 0.3) is 0 Å². The molecule has 16 heavy (non-hydrogen) atoms. The van der Waals surface area contributed by atoms with Crippen molar-refractivity contribution in [2.45, 2.75) is 46.2 Å². The standard InChI is InChI=1S/C13H30N2O/c1-11(2)12(10-14-13(3,4)5)15(6)8-9-16-7/h11-12,14H,8-10H2,1-7H3. The van der Waals surface area contributed by atoms with Crippen molar-refractivity contribution >= 4 is 0 Å². The second kappa shape index (κ2) is 7.25. The van der Waals surface area contributed by atoms with E-state index >= 15 is 0 Å². The van der Waals surface area contributed by atoms with Gasteiger partial charge < -0.3 is 10.1 Å². The molecule has 0 aromatic carbocycles. The van der Waals surface area contributed by atoms with Gasteiger partial charge in [0.15, 0.2) is 0 Å². The molecule has 0 aliphatic carbocycles. The molecule has 0 amide bonds. The first kappa shape index (κ1) is 15.9. The van der Waals surface area contributed by atoms with Crippen molar-refractivity contribution in [2.24, 2.45) is 5.92 Å². The highest BCUT2D eigenvalue weighted by Gasteiger charge is 2.20. The highest BCUT2D eigenvalue weighted by molar-refractivity contribution is 4.79. The van der Waals surface area contributed by atoms with Gasteiger partial charge in [-0.2, -0.15) is 0 Å². The topological polar surface area (TPSA) is 24.5 Å². The monoisotopic (exact) mass is 230 g/mol. The molecule has 0 saturated heterocycles. The zero-order valence-corrected chi connectivity index (χ0v) is 12.1. The maximum atomic E-state index is 5.13. The summed E-state index contributed by atoms with van der Waals surface area (Å²) in [6.45, 7) is 14.0. The lowest BCUT2D eigenvalue weighted by molar-refractivity contribution is 0.117. The van der Waals surface area contributed by atoms with Crippen LogP contribution in [0, 0.1) is 5.92 Å². The number of ether oxygens (including phenoxy) is 1. The van der Waals surface area contributed by atoms with Crippen molar-refractivity contribution in [3.63, 3.8) is 0 Å². The summed E-state index contributed by atoms with van der Waals surface area (Å²) >= 11 is 0. The molecular formula is C13H30N2O. The van der Waals surface area contributed by atoms with E-state index < -0.39 is 0 Å². The zero-order valence-electron chi connectivity index (χ0n) is 12.1. The molecule has 0 saturated carbocycles. The lowest BCUT2D eigenvalue weighted by atomic mass is 10.0. The van der Waals surface area contributed by atoms with E-state index in [1.165, 1.54) is 0 Å². The van der Waals surface area contributed by atoms with E-state index in [1.807, 2.05) is 0 Å². The van der Waals surface area contributed by atoms with Gasteiger partial charge in [0.05, 0.1) is 6.61 Å². The Bertz CT molecular complexity index is 175. The molecule has 1 atom stereocenters. The molecule has 0 fully saturated rings. The summed E-state index contributed by atoms with van der Waals surface area (Å²) in [6, 6.07) is 0.564. The van der Waals surface area contributed by atoms with Gasteiger partial charge in [-0.1, -0.05) is 13.8 Å². The minimum atomic E-state index is 0.190. The molecule has 0 heterocycles. The van der Waals surface area contributed by atoms with Crippen LogP contribution in [0.3, 0.4) is 0 Å². The largest absolute Gasteiger partial charge is 0.383 e. The minimum Gasteiger partial charge on any atom is -0.383 e. The Kier molecular flexibility index (Phi) is 7.20. The number of hydrogen-bond acceptors (Lipinski definition) is 3. The van der Waals surface area contributed by atoms with Crippen molar-refractivity contribution in [3.8, 4) is 0 Å². The van der Waals surface area contributed by atoms with Crippen LogP contribution in [0.1, 0.15) is 34.6 Å². The summed E-state index contributed by atoms with van der Waals surface area (Å²) in [5.74, 6) is 0.650. The Morgan fingerprint density at radius 2 is 1.81 bits per heavy atom. The normalized spacial score (nSPS) is 14.8. The fraction of sp³-hybridized carbons (Fsp3) is 1.00. The van der Waals surface area contributed by atoms with Gasteiger partial charge in [-0.3, -0.25) is 4.90 Å². The molecular weight excluding hydrogens is 200 g/mol. The van der Waals surface area contributed by atoms with Gasteiger partial charge in [-0.05, 0) is 33.7 Å². The quantitative estimate of drug-likeness (QED) is 0.724. The Labute approximate surface area is 102 Å². The summed E-state index contributed by atoms with van der Waals surface area (Å²) in [7, 11) is 3.93. The number of rotatable bonds is 7. The van der Waals surface area contributed by atoms with E-state index in [-0.39, 0.29) is 5.54 Å². The average Bonchev–Trinajstić information content (AvgIpc) is 2.12. The van der Waals surface area contributed by atoms with Crippen LogP contribution in [0.2, 0.25) is 0 Å². The molecule has 3 nitrogen and oxygen atoms in total. The van der Waals surface area contributed by atoms with Crippen LogP contribution < -0.4 is 5.32 Å². The Morgan fingerprint density at radius 1 is 1.25 bits per heavy atom. The molecule has 0 rings (SSSR count). The van der Waals surface area contributed by atoms with E-state index in [4.69, 9.17) is 4.74 Å². The van der Waals surface area contributed by atoms with Crippen LogP contribution in [-0.2, 0) is 4.74 Å². The Balaban J connectivity index is 4.16. The third-order valence-electron chi connectivity index (χ3n) is 2.83. The molecule has 0 spiro atoms. The van der Waals surface area contributed by atoms with Crippen LogP contribution in [0.4, 0.5) is 0 Å². The van der Waals surface area contributed by atoms with Crippen molar-refractivity contribution in [2.75, 3.05) is 33.9 Å². The first-order valence-corrected chi connectivity index (χ1v) is 6.22. The number of hydrogen-bond donors (Lipinski definition) is 1. The maximum Gasteiger partial charge on any atom is 0.0589 e. The summed E-state index contributed by atoms with van der Waals surface area (Å²) in [4.78, 5) is 2.38. The van der Waals surface area contributed by atoms with Crippen LogP contribution in [0.25, 0.3) is 0 Å². The fourth-order valence-corrected chi connectivity index (χ4v) is 1.71. The molecule has 1 unspecified atom stereocenters. The molecule has 0 aliphatic rings. The van der Waals surface area contributed by atoms with Crippen LogP contribution in [-0.4, -0.2) is 50.3 Å². The predicted molar refractivity (Wildman–Crippen MR) is 70.9 cm³/mol. The van der Waals surface area contributed by atoms with Gasteiger partial charge in [0.1, 0.15) is 0 Å². The van der Waals surface area contributed by atoms with Crippen molar-refractivity contribution in [3.05, 3.63) is 0 Å². The summed E-state index contributed by atoms with van der Waals surface area (Å²) in [5, 5.41) is 3.58. The van der Waals surface area contributed by atoms with E-state index in [2.05, 4.69) is 51.9 Å². The van der Waals surface area contributed by atoms with Gasteiger partial charge >= 0.3 is 0 Å². The lowest BCUT2D eigenvalue weighted by Gasteiger charge is -2.34. The molecule has 3 heteroatoms. The molecule has 0 aliphatic heterocycles. The van der Waals surface area contributed by atoms with E-state index in [9.17, 15) is 0 Å². The van der Waals surface area contributed by atoms with Gasteiger partial charge in [0, 0.05) is 31.8 Å². The Morgan fingerprint density at radius 3 is 2.19 bits per heavy atom. The van der Waals surface area contributed by atoms with Gasteiger partial charge in [0.2, 0.25) is 0 Å². The van der Waals surface area contributed by atoms with Crippen molar-refractivity contribution < 1.29 is 4.74 Å². The smallest absolute Gasteiger partial charge is 0.0589 e. The molecule has 0 radical (unpaired) electrons. The van der Waals surface area contributed by atoms with E-state index in [1.54, 1.807) is 7.11 Å². The average molecular weight is 230 g/mol. The van der Waals surface area contributed by atoms with E-state index in [0.717, 1.165) is 19.7 Å². The summed E-state index contributed by atoms with van der Waals surface area (Å²) in [5.41, 5.74) is 0.190. The summed E-state index contributed by atoms with van der Waals surface area (Å²) in [6.07, 6.45) is 0. The van der Waals surface area contributed by atoms with Crippen molar-refractivity contribution in [1.29, 1.82) is 0 Å². The highest BCUT2D eigenvalue weighted by atomic mass is 16.5. The zero-order chi connectivity index (χ0) is 12.8. The van der Waals surface area contributed by atoms with Crippen LogP contribution >= 0.6 is 0 Å². The van der Waals surface area contributed by atoms with Crippen LogP contribution in [0.5, 0.6) is 0 Å². The number of nitrogens with zero attached hydrogens (tertiary/aromatic N) is 1. The fourth-order valence-electron chi connectivity index (χ4n) is 1.71. The third-order valence-corrected chi connectivity index (χ3v) is 2.83. The Hall–Kier alpha value is -0.120. The molecule has 0 aromatic rings. The predicted octanol–water partition coefficient (Wildman–Crippen LogP) is 1.98. The highest BCUT2D eigenvalue weighted by Crippen LogP contribution is 2.10. The second-order valence-corrected chi connectivity index (χ2v) is 5.92. The van der Waals surface area contributed by atoms with Gasteiger partial charge in [-0.25, -0.2) is 0 Å². The third kappa shape index (κ3) is 7.20. The minimum absolute atomic E-state index is 0.190. The first-order chi connectivity index (χ1) is 7.28.